The van der Waals surface area contributed by atoms with Gasteiger partial charge in [-0.25, -0.2) is 0 Å². The molecule has 0 radical (unpaired) electrons. The minimum atomic E-state index is 0. The molecule has 0 spiro atoms. The van der Waals surface area contributed by atoms with E-state index in [2.05, 4.69) is 14.3 Å². The number of hydrogen-bond donors (Lipinski definition) is 0. The van der Waals surface area contributed by atoms with E-state index in [0.717, 1.165) is 0 Å². The van der Waals surface area contributed by atoms with E-state index >= 15 is 0 Å². The fourth-order valence-corrected chi connectivity index (χ4v) is 58.3. The predicted octanol–water partition coefficient (Wildman–Crippen LogP) is -7.50. The van der Waals surface area contributed by atoms with Crippen LogP contribution in [-0.4, -0.2) is 83.7 Å². The zero-order valence-corrected chi connectivity index (χ0v) is 21.2. The average Bonchev–Trinajstić information content (AvgIpc) is 2.60. The van der Waals surface area contributed by atoms with Gasteiger partial charge in [0.05, 0.1) is 0 Å². The minimum absolute atomic E-state index is 0. The largest absolute Gasteiger partial charge is 1.00 e. The Hall–Kier alpha value is 3.96. The quantitative estimate of drug-likeness (QED) is 0.249. The Labute approximate surface area is 144 Å². The maximum atomic E-state index is 2.60. The maximum absolute atomic E-state index is 2.60. The smallest absolute Gasteiger partial charge is 1.00 e. The van der Waals surface area contributed by atoms with E-state index in [1.807, 2.05) is 0 Å². The van der Waals surface area contributed by atoms with Crippen molar-refractivity contribution in [3.05, 3.63) is 16.1 Å². The molecule has 0 nitrogen and oxygen atoms in total. The summed E-state index contributed by atoms with van der Waals surface area (Å²) < 4.78 is 15.0. The molecule has 0 aromatic rings. The molecule has 0 saturated heterocycles. The molecule has 0 bridgehead atoms. The van der Waals surface area contributed by atoms with Crippen molar-refractivity contribution >= 4 is 83.7 Å². The van der Waals surface area contributed by atoms with Crippen molar-refractivity contribution < 1.29 is 48.0 Å². The van der Waals surface area contributed by atoms with Crippen LogP contribution < -0.4 is 24.8 Å². The summed E-state index contributed by atoms with van der Waals surface area (Å²) in [5.74, 6) is 0. The van der Waals surface area contributed by atoms with Crippen molar-refractivity contribution in [1.29, 1.82) is 0 Å². The van der Waals surface area contributed by atoms with Crippen molar-refractivity contribution in [1.82, 2.24) is 0 Å². The van der Waals surface area contributed by atoms with Gasteiger partial charge in [0.1, 0.15) is 0 Å². The molecule has 0 aliphatic carbocycles. The third kappa shape index (κ3) is 6.45. The Morgan fingerprint density at radius 2 is 1.38 bits per heavy atom. The molecule has 13 heavy (non-hydrogen) atoms. The van der Waals surface area contributed by atoms with E-state index in [-0.39, 0.29) is 134 Å². The van der Waals surface area contributed by atoms with E-state index in [0.29, 0.717) is 0 Å². The molecule has 0 fully saturated rings. The fourth-order valence-electron chi connectivity index (χ4n) is 0.779. The van der Waals surface area contributed by atoms with Gasteiger partial charge < -0.3 is 24.8 Å². The van der Waals surface area contributed by atoms with Crippen molar-refractivity contribution in [2.24, 2.45) is 0 Å². The van der Waals surface area contributed by atoms with Crippen molar-refractivity contribution in [2.75, 3.05) is 0 Å². The van der Waals surface area contributed by atoms with Gasteiger partial charge in [-0.1, -0.05) is 0 Å². The summed E-state index contributed by atoms with van der Waals surface area (Å²) in [6.07, 6.45) is 0. The first kappa shape index (κ1) is 17.0. The molecule has 0 saturated carbocycles. The molecule has 0 amide bonds. The van der Waals surface area contributed by atoms with Crippen LogP contribution in [-0.2, 0) is 23.2 Å². The zero-order valence-electron chi connectivity index (χ0n) is 6.46. The second kappa shape index (κ2) is 9.93. The molecule has 2 rings (SSSR count). The molecule has 2 heterocycles. The summed E-state index contributed by atoms with van der Waals surface area (Å²) in [7, 11) is 0. The van der Waals surface area contributed by atoms with Crippen LogP contribution in [0, 0.1) is 0 Å². The molecule has 0 atom stereocenters. The van der Waals surface area contributed by atoms with Gasteiger partial charge in [-0.15, -0.1) is 0 Å². The van der Waals surface area contributed by atoms with Crippen LogP contribution in [0.25, 0.3) is 0 Å². The minimum Gasteiger partial charge on any atom is -1.00 e. The van der Waals surface area contributed by atoms with Gasteiger partial charge in [-0.3, -0.25) is 0 Å². The van der Waals surface area contributed by atoms with E-state index in [4.69, 9.17) is 0 Å². The monoisotopic (exact) mass is 722 g/mol. The normalized spacial score (nSPS) is 16.9. The van der Waals surface area contributed by atoms with E-state index in [1.54, 1.807) is 0 Å². The third-order valence-electron chi connectivity index (χ3n) is 1.23. The first-order valence-electron chi connectivity index (χ1n) is 3.21. The summed E-state index contributed by atoms with van der Waals surface area (Å²) in [5.41, 5.74) is 0. The van der Waals surface area contributed by atoms with Gasteiger partial charge in [-0.05, 0) is 0 Å². The molecule has 0 unspecified atom stereocenters. The van der Waals surface area contributed by atoms with Gasteiger partial charge in [0.15, 0.2) is 0 Å². The maximum Gasteiger partial charge on any atom is -1.00 e. The van der Waals surface area contributed by atoms with Crippen LogP contribution in [0.5, 0.6) is 0 Å². The van der Waals surface area contributed by atoms with Gasteiger partial charge in [0.2, 0.25) is 0 Å². The number of rotatable bonds is 2. The van der Waals surface area contributed by atoms with Crippen molar-refractivity contribution in [3.63, 3.8) is 0 Å². The summed E-state index contributed by atoms with van der Waals surface area (Å²) >= 11 is 0.633. The zero-order chi connectivity index (χ0) is 7.52. The van der Waals surface area contributed by atoms with Crippen LogP contribution in [0.2, 0.25) is 0 Å². The fraction of sp³-hybridized carbons (Fsp3) is 0. The molecular formula is C6H6Cl2Sb4Zr. The first-order valence-corrected chi connectivity index (χ1v) is 17.3. The summed E-state index contributed by atoms with van der Waals surface area (Å²) in [6, 6.07) is 0. The Kier molecular flexibility index (Phi) is 13.0. The first-order chi connectivity index (χ1) is 5.45. The Morgan fingerprint density at radius 3 is 1.69 bits per heavy atom. The molecule has 2 aliphatic rings. The summed E-state index contributed by atoms with van der Waals surface area (Å²) in [6.45, 7) is 0. The topological polar surface area (TPSA) is 0 Å². The Bertz CT molecular complexity index is 256. The third-order valence-corrected chi connectivity index (χ3v) is 40.7. The van der Waals surface area contributed by atoms with E-state index < -0.39 is 0 Å². The van der Waals surface area contributed by atoms with E-state index in [1.165, 1.54) is 0 Å². The standard InChI is InChI=1S/2C2H2.2C.2ClH.4Sb.Zr.2H/c2*1-2;;;;;;;;;;;/h2*1-2H;;;2*1H;;;;;;;/q;;;;;;;;;;+2;;/p-2. The number of halogens is 2. The second-order valence-corrected chi connectivity index (χ2v) is 37.5. The molecular weight excluding hydrogens is 721 g/mol. The van der Waals surface area contributed by atoms with Crippen LogP contribution >= 0.6 is 0 Å². The molecule has 0 aromatic carbocycles. The van der Waals surface area contributed by atoms with Crippen LogP contribution in [0.15, 0.2) is 16.1 Å². The predicted molar refractivity (Wildman–Crippen MR) is 54.1 cm³/mol. The van der Waals surface area contributed by atoms with Gasteiger partial charge in [-0.2, -0.15) is 0 Å². The second-order valence-electron chi connectivity index (χ2n) is 2.00. The number of hydrogen-bond acceptors (Lipinski definition) is 0. The molecule has 0 N–H and O–H groups in total. The van der Waals surface area contributed by atoms with Crippen molar-refractivity contribution in [3.8, 4) is 0 Å². The molecule has 68 valence electrons. The van der Waals surface area contributed by atoms with Crippen LogP contribution in [0.1, 0.15) is 0 Å². The summed E-state index contributed by atoms with van der Waals surface area (Å²) in [4.78, 5) is 0. The Balaban J connectivity index is 0.000000720. The van der Waals surface area contributed by atoms with E-state index in [9.17, 15) is 0 Å². The SMILES string of the molecule is [CH]1=[CH][SbH][C]([Zr+2][C]2=[Sb][CH]=[CH][SbH]2)=[Sb]1.[Cl-].[Cl-]. The summed E-state index contributed by atoms with van der Waals surface area (Å²) in [5, 5.41) is 0. The van der Waals surface area contributed by atoms with Crippen LogP contribution in [0.3, 0.4) is 0 Å². The Morgan fingerprint density at radius 1 is 0.923 bits per heavy atom. The molecule has 7 heteroatoms. The van der Waals surface area contributed by atoms with Gasteiger partial charge in [0.25, 0.3) is 0 Å². The van der Waals surface area contributed by atoms with Crippen LogP contribution in [0.4, 0.5) is 0 Å². The average molecular weight is 727 g/mol. The molecule has 0 aromatic heterocycles. The van der Waals surface area contributed by atoms with Gasteiger partial charge >= 0.3 is 123 Å². The van der Waals surface area contributed by atoms with Crippen molar-refractivity contribution in [2.45, 2.75) is 0 Å². The van der Waals surface area contributed by atoms with Gasteiger partial charge in [0, 0.05) is 0 Å². The molecule has 2 aliphatic heterocycles.